The summed E-state index contributed by atoms with van der Waals surface area (Å²) in [6.07, 6.45) is 5.01. The number of fused-ring (bicyclic) bond motifs is 1. The molecule has 2 aliphatic heterocycles. The van der Waals surface area contributed by atoms with Crippen molar-refractivity contribution >= 4 is 0 Å². The van der Waals surface area contributed by atoms with E-state index in [0.717, 1.165) is 38.1 Å². The van der Waals surface area contributed by atoms with Crippen LogP contribution in [-0.4, -0.2) is 33.7 Å². The maximum atomic E-state index is 6.19. The molecule has 2 aliphatic rings. The summed E-state index contributed by atoms with van der Waals surface area (Å²) in [7, 11) is 0. The fourth-order valence-corrected chi connectivity index (χ4v) is 3.44. The topological polar surface area (TPSA) is 64.5 Å². The van der Waals surface area contributed by atoms with Crippen LogP contribution in [0.4, 0.5) is 0 Å². The van der Waals surface area contributed by atoms with Crippen LogP contribution in [0.2, 0.25) is 0 Å². The Morgan fingerprint density at radius 3 is 3.05 bits per heavy atom. The zero-order valence-corrected chi connectivity index (χ0v) is 12.1. The Hall–Kier alpha value is -1.66. The second-order valence-electron chi connectivity index (χ2n) is 5.83. The summed E-state index contributed by atoms with van der Waals surface area (Å²) in [5.74, 6) is 2.31. The Kier molecular flexibility index (Phi) is 3.27. The van der Waals surface area contributed by atoms with Gasteiger partial charge in [-0.15, -0.1) is 0 Å². The van der Waals surface area contributed by atoms with E-state index >= 15 is 0 Å². The maximum absolute atomic E-state index is 6.19. The third kappa shape index (κ3) is 2.49. The number of nitrogens with zero attached hydrogens (tertiary/aromatic N) is 3. The number of rotatable bonds is 3. The summed E-state index contributed by atoms with van der Waals surface area (Å²) in [4.78, 5) is 6.75. The van der Waals surface area contributed by atoms with Crippen LogP contribution < -0.4 is 0 Å². The first-order valence-corrected chi connectivity index (χ1v) is 7.52. The lowest BCUT2D eigenvalue weighted by Gasteiger charge is -2.34. The molecule has 0 amide bonds. The molecule has 0 aliphatic carbocycles. The lowest BCUT2D eigenvalue weighted by atomic mass is 9.99. The predicted molar refractivity (Wildman–Crippen MR) is 73.4 cm³/mol. The average Bonchev–Trinajstić information content (AvgIpc) is 3.21. The van der Waals surface area contributed by atoms with Crippen molar-refractivity contribution in [3.05, 3.63) is 35.9 Å². The molecule has 0 spiro atoms. The first-order chi connectivity index (χ1) is 10.3. The van der Waals surface area contributed by atoms with Crippen LogP contribution in [0.3, 0.4) is 0 Å². The van der Waals surface area contributed by atoms with Crippen molar-refractivity contribution < 1.29 is 13.7 Å². The number of aryl methyl sites for hydroxylation is 1. The monoisotopic (exact) mass is 289 g/mol. The van der Waals surface area contributed by atoms with Gasteiger partial charge in [-0.3, -0.25) is 4.90 Å². The Morgan fingerprint density at radius 2 is 2.29 bits per heavy atom. The number of likely N-dealkylation sites (tertiary alicyclic amines) is 1. The molecule has 0 bridgehead atoms. The van der Waals surface area contributed by atoms with Gasteiger partial charge in [-0.25, -0.2) is 0 Å². The summed E-state index contributed by atoms with van der Waals surface area (Å²) in [5.41, 5.74) is 0. The molecule has 0 radical (unpaired) electrons. The third-order valence-corrected chi connectivity index (χ3v) is 4.42. The minimum absolute atomic E-state index is 0.0454. The molecule has 2 aromatic rings. The molecule has 6 nitrogen and oxygen atoms in total. The van der Waals surface area contributed by atoms with Crippen LogP contribution in [0, 0.1) is 6.92 Å². The van der Waals surface area contributed by atoms with Crippen molar-refractivity contribution in [3.8, 4) is 0 Å². The average molecular weight is 289 g/mol. The Bertz CT molecular complexity index is 595. The SMILES string of the molecule is Cc1noc([C@@H]2CC[C@@H]3[C@@H](CCN3Cc3ccco3)O2)n1. The standard InChI is InChI=1S/C15H19N3O3/c1-10-16-15(21-17-10)14-5-4-12-13(20-14)6-7-18(12)9-11-3-2-8-19-11/h2-3,8,12-14H,4-7,9H2,1H3/t12-,13-,14+/m1/s1. The van der Waals surface area contributed by atoms with Crippen molar-refractivity contribution in [2.75, 3.05) is 6.54 Å². The number of hydrogen-bond acceptors (Lipinski definition) is 6. The van der Waals surface area contributed by atoms with E-state index in [0.29, 0.717) is 17.8 Å². The molecule has 0 unspecified atom stereocenters. The van der Waals surface area contributed by atoms with Gasteiger partial charge < -0.3 is 13.7 Å². The van der Waals surface area contributed by atoms with Crippen LogP contribution in [0.1, 0.15) is 42.8 Å². The van der Waals surface area contributed by atoms with E-state index in [4.69, 9.17) is 13.7 Å². The van der Waals surface area contributed by atoms with Gasteiger partial charge in [0.25, 0.3) is 5.89 Å². The number of furan rings is 1. The minimum atomic E-state index is -0.0454. The summed E-state index contributed by atoms with van der Waals surface area (Å²) in [5, 5.41) is 3.85. The van der Waals surface area contributed by atoms with Gasteiger partial charge >= 0.3 is 0 Å². The highest BCUT2D eigenvalue weighted by Gasteiger charge is 2.41. The van der Waals surface area contributed by atoms with E-state index in [2.05, 4.69) is 15.0 Å². The van der Waals surface area contributed by atoms with Gasteiger partial charge in [0.05, 0.1) is 18.9 Å². The number of aromatic nitrogens is 2. The maximum Gasteiger partial charge on any atom is 0.255 e. The third-order valence-electron chi connectivity index (χ3n) is 4.42. The molecular formula is C15H19N3O3. The number of hydrogen-bond donors (Lipinski definition) is 0. The Labute approximate surface area is 123 Å². The van der Waals surface area contributed by atoms with Gasteiger partial charge in [0, 0.05) is 12.6 Å². The Balaban J connectivity index is 1.42. The molecule has 4 rings (SSSR count). The van der Waals surface area contributed by atoms with Crippen molar-refractivity contribution in [2.24, 2.45) is 0 Å². The lowest BCUT2D eigenvalue weighted by molar-refractivity contribution is -0.0836. The lowest BCUT2D eigenvalue weighted by Crippen LogP contribution is -2.40. The van der Waals surface area contributed by atoms with Gasteiger partial charge in [-0.05, 0) is 38.3 Å². The van der Waals surface area contributed by atoms with Crippen LogP contribution in [0.15, 0.2) is 27.3 Å². The molecule has 112 valence electrons. The highest BCUT2D eigenvalue weighted by molar-refractivity contribution is 5.02. The quantitative estimate of drug-likeness (QED) is 0.865. The van der Waals surface area contributed by atoms with Gasteiger partial charge in [0.15, 0.2) is 5.82 Å². The van der Waals surface area contributed by atoms with E-state index in [-0.39, 0.29) is 12.2 Å². The van der Waals surface area contributed by atoms with E-state index in [1.165, 1.54) is 0 Å². The number of ether oxygens (including phenoxy) is 1. The molecule has 6 heteroatoms. The molecule has 4 heterocycles. The highest BCUT2D eigenvalue weighted by Crippen LogP contribution is 2.38. The summed E-state index contributed by atoms with van der Waals surface area (Å²) in [6.45, 7) is 3.74. The van der Waals surface area contributed by atoms with Crippen molar-refractivity contribution in [3.63, 3.8) is 0 Å². The van der Waals surface area contributed by atoms with Crippen molar-refractivity contribution in [2.45, 2.75) is 51.0 Å². The van der Waals surface area contributed by atoms with Crippen molar-refractivity contribution in [1.82, 2.24) is 15.0 Å². The van der Waals surface area contributed by atoms with Crippen LogP contribution in [0.25, 0.3) is 0 Å². The molecule has 0 aromatic carbocycles. The van der Waals surface area contributed by atoms with Crippen LogP contribution >= 0.6 is 0 Å². The van der Waals surface area contributed by atoms with Gasteiger partial charge in [0.2, 0.25) is 0 Å². The fourth-order valence-electron chi connectivity index (χ4n) is 3.44. The molecule has 21 heavy (non-hydrogen) atoms. The largest absolute Gasteiger partial charge is 0.468 e. The smallest absolute Gasteiger partial charge is 0.255 e. The van der Waals surface area contributed by atoms with E-state index in [1.54, 1.807) is 6.26 Å². The molecule has 2 aromatic heterocycles. The van der Waals surface area contributed by atoms with E-state index in [1.807, 2.05) is 19.1 Å². The predicted octanol–water partition coefficient (Wildman–Crippen LogP) is 2.47. The highest BCUT2D eigenvalue weighted by atomic mass is 16.5. The first kappa shape index (κ1) is 13.0. The van der Waals surface area contributed by atoms with E-state index < -0.39 is 0 Å². The second kappa shape index (κ2) is 5.27. The molecule has 3 atom stereocenters. The fraction of sp³-hybridized carbons (Fsp3) is 0.600. The molecular weight excluding hydrogens is 270 g/mol. The molecule has 2 fully saturated rings. The summed E-state index contributed by atoms with van der Waals surface area (Å²) < 4.78 is 16.9. The second-order valence-corrected chi connectivity index (χ2v) is 5.83. The zero-order chi connectivity index (χ0) is 14.2. The van der Waals surface area contributed by atoms with Gasteiger partial charge in [-0.2, -0.15) is 4.98 Å². The normalized spacial score (nSPS) is 29.7. The van der Waals surface area contributed by atoms with Gasteiger partial charge in [-0.1, -0.05) is 5.16 Å². The van der Waals surface area contributed by atoms with Gasteiger partial charge in [0.1, 0.15) is 11.9 Å². The Morgan fingerprint density at radius 1 is 1.33 bits per heavy atom. The summed E-state index contributed by atoms with van der Waals surface area (Å²) >= 11 is 0. The first-order valence-electron chi connectivity index (χ1n) is 7.52. The minimum Gasteiger partial charge on any atom is -0.468 e. The van der Waals surface area contributed by atoms with Crippen molar-refractivity contribution in [1.29, 1.82) is 0 Å². The molecule has 2 saturated heterocycles. The van der Waals surface area contributed by atoms with Crippen LogP contribution in [0.5, 0.6) is 0 Å². The van der Waals surface area contributed by atoms with E-state index in [9.17, 15) is 0 Å². The molecule has 0 saturated carbocycles. The van der Waals surface area contributed by atoms with Crippen LogP contribution in [-0.2, 0) is 11.3 Å². The molecule has 0 N–H and O–H groups in total. The summed E-state index contributed by atoms with van der Waals surface area (Å²) in [6, 6.07) is 4.44. The zero-order valence-electron chi connectivity index (χ0n) is 12.1.